The summed E-state index contributed by atoms with van der Waals surface area (Å²) in [5.74, 6) is 2.09. The highest BCUT2D eigenvalue weighted by molar-refractivity contribution is 4.78. The molecule has 1 saturated carbocycles. The molecule has 0 heterocycles. The monoisotopic (exact) mass is 186 g/mol. The van der Waals surface area contributed by atoms with Crippen molar-refractivity contribution in [3.05, 3.63) is 0 Å². The molecule has 2 N–H and O–H groups in total. The van der Waals surface area contributed by atoms with E-state index < -0.39 is 6.29 Å². The summed E-state index contributed by atoms with van der Waals surface area (Å²) in [7, 11) is 0. The Bertz CT molecular complexity index is 145. The van der Waals surface area contributed by atoms with E-state index >= 15 is 0 Å². The van der Waals surface area contributed by atoms with E-state index in [0.29, 0.717) is 12.3 Å². The number of hydrogen-bond acceptors (Lipinski definition) is 2. The Kier molecular flexibility index (Phi) is 4.20. The molecule has 0 spiro atoms. The number of hydrogen-bond donors (Lipinski definition) is 2. The maximum atomic E-state index is 8.86. The normalized spacial score (nSPS) is 31.2. The molecule has 0 bridgehead atoms. The van der Waals surface area contributed by atoms with Crippen molar-refractivity contribution in [2.24, 2.45) is 17.8 Å². The van der Waals surface area contributed by atoms with Gasteiger partial charge in [-0.05, 0) is 30.6 Å². The van der Waals surface area contributed by atoms with Crippen molar-refractivity contribution in [3.8, 4) is 0 Å². The van der Waals surface area contributed by atoms with Gasteiger partial charge in [-0.25, -0.2) is 0 Å². The number of aliphatic hydroxyl groups excluding tert-OH is 1. The molecule has 0 aromatic carbocycles. The van der Waals surface area contributed by atoms with Gasteiger partial charge in [-0.15, -0.1) is 0 Å². The molecule has 3 unspecified atom stereocenters. The Labute approximate surface area is 81.0 Å². The van der Waals surface area contributed by atoms with E-state index in [1.165, 1.54) is 25.7 Å². The summed E-state index contributed by atoms with van der Waals surface area (Å²) in [6, 6.07) is 0. The van der Waals surface area contributed by atoms with Gasteiger partial charge in [-0.3, -0.25) is 0 Å². The van der Waals surface area contributed by atoms with E-state index in [2.05, 4.69) is 13.8 Å². The Morgan fingerprint density at radius 3 is 2.46 bits per heavy atom. The molecule has 13 heavy (non-hydrogen) atoms. The van der Waals surface area contributed by atoms with E-state index in [9.17, 15) is 0 Å². The van der Waals surface area contributed by atoms with Crippen molar-refractivity contribution in [2.45, 2.75) is 52.2 Å². The molecule has 0 saturated heterocycles. The zero-order chi connectivity index (χ0) is 9.84. The first-order valence-corrected chi connectivity index (χ1v) is 5.49. The van der Waals surface area contributed by atoms with Crippen LogP contribution >= 0.6 is 0 Å². The van der Waals surface area contributed by atoms with Crippen LogP contribution in [-0.2, 0) is 0 Å². The standard InChI is InChI=1S/C11H22O2/c1-3-9-4-5-10(7-9)8(2)6-11(12)13/h8-13H,3-7H2,1-2H3. The summed E-state index contributed by atoms with van der Waals surface area (Å²) in [5.41, 5.74) is 0. The topological polar surface area (TPSA) is 40.5 Å². The van der Waals surface area contributed by atoms with E-state index in [-0.39, 0.29) is 0 Å². The summed E-state index contributed by atoms with van der Waals surface area (Å²) in [4.78, 5) is 0. The molecule has 0 amide bonds. The van der Waals surface area contributed by atoms with Gasteiger partial charge in [0.15, 0.2) is 6.29 Å². The molecule has 78 valence electrons. The average Bonchev–Trinajstić information content (AvgIpc) is 2.50. The van der Waals surface area contributed by atoms with Crippen LogP contribution in [0.1, 0.15) is 46.0 Å². The minimum absolute atomic E-state index is 0.469. The smallest absolute Gasteiger partial charge is 0.151 e. The summed E-state index contributed by atoms with van der Waals surface area (Å²) >= 11 is 0. The lowest BCUT2D eigenvalue weighted by Crippen LogP contribution is -2.16. The highest BCUT2D eigenvalue weighted by Gasteiger charge is 2.28. The fourth-order valence-electron chi connectivity index (χ4n) is 2.53. The lowest BCUT2D eigenvalue weighted by Gasteiger charge is -2.19. The number of rotatable bonds is 4. The maximum Gasteiger partial charge on any atom is 0.151 e. The van der Waals surface area contributed by atoms with Crippen LogP contribution < -0.4 is 0 Å². The van der Waals surface area contributed by atoms with Crippen LogP contribution in [0.25, 0.3) is 0 Å². The fourth-order valence-corrected chi connectivity index (χ4v) is 2.53. The van der Waals surface area contributed by atoms with E-state index in [1.807, 2.05) is 0 Å². The second-order valence-electron chi connectivity index (χ2n) is 4.54. The summed E-state index contributed by atoms with van der Waals surface area (Å²) in [5, 5.41) is 17.7. The predicted octanol–water partition coefficient (Wildman–Crippen LogP) is 2.15. The fraction of sp³-hybridized carbons (Fsp3) is 1.00. The van der Waals surface area contributed by atoms with Crippen molar-refractivity contribution in [2.75, 3.05) is 0 Å². The molecule has 0 aliphatic heterocycles. The summed E-state index contributed by atoms with van der Waals surface area (Å²) in [6.07, 6.45) is 4.63. The third-order valence-corrected chi connectivity index (χ3v) is 3.55. The van der Waals surface area contributed by atoms with Crippen LogP contribution in [0.3, 0.4) is 0 Å². The molecule has 2 nitrogen and oxygen atoms in total. The molecule has 1 aliphatic rings. The van der Waals surface area contributed by atoms with Gasteiger partial charge in [-0.1, -0.05) is 26.7 Å². The van der Waals surface area contributed by atoms with E-state index in [4.69, 9.17) is 10.2 Å². The van der Waals surface area contributed by atoms with Crippen LogP contribution in [0, 0.1) is 17.8 Å². The van der Waals surface area contributed by atoms with Gasteiger partial charge in [0, 0.05) is 6.42 Å². The highest BCUT2D eigenvalue weighted by atomic mass is 16.5. The molecule has 2 heteroatoms. The van der Waals surface area contributed by atoms with Gasteiger partial charge in [0.05, 0.1) is 0 Å². The lowest BCUT2D eigenvalue weighted by atomic mass is 9.88. The lowest BCUT2D eigenvalue weighted by molar-refractivity contribution is -0.0592. The van der Waals surface area contributed by atoms with Gasteiger partial charge in [-0.2, -0.15) is 0 Å². The SMILES string of the molecule is CCC1CCC(C(C)CC(O)O)C1. The van der Waals surface area contributed by atoms with Crippen molar-refractivity contribution in [3.63, 3.8) is 0 Å². The van der Waals surface area contributed by atoms with Gasteiger partial charge >= 0.3 is 0 Å². The zero-order valence-electron chi connectivity index (χ0n) is 8.74. The molecular weight excluding hydrogens is 164 g/mol. The Balaban J connectivity index is 2.28. The Morgan fingerprint density at radius 2 is 2.00 bits per heavy atom. The van der Waals surface area contributed by atoms with Crippen molar-refractivity contribution >= 4 is 0 Å². The number of aliphatic hydroxyl groups is 2. The maximum absolute atomic E-state index is 8.86. The van der Waals surface area contributed by atoms with Gasteiger partial charge < -0.3 is 10.2 Å². The third-order valence-electron chi connectivity index (χ3n) is 3.55. The molecule has 0 radical (unpaired) electrons. The first-order valence-electron chi connectivity index (χ1n) is 5.49. The Morgan fingerprint density at radius 1 is 1.31 bits per heavy atom. The van der Waals surface area contributed by atoms with Crippen LogP contribution in [0.4, 0.5) is 0 Å². The molecule has 1 aliphatic carbocycles. The van der Waals surface area contributed by atoms with Crippen LogP contribution in [0.15, 0.2) is 0 Å². The Hall–Kier alpha value is -0.0800. The molecule has 1 fully saturated rings. The summed E-state index contributed by atoms with van der Waals surface area (Å²) in [6.45, 7) is 4.39. The van der Waals surface area contributed by atoms with Crippen molar-refractivity contribution in [1.82, 2.24) is 0 Å². The minimum atomic E-state index is -1.12. The minimum Gasteiger partial charge on any atom is -0.368 e. The third kappa shape index (κ3) is 3.28. The first kappa shape index (κ1) is 11.0. The second kappa shape index (κ2) is 4.97. The predicted molar refractivity (Wildman–Crippen MR) is 53.1 cm³/mol. The zero-order valence-corrected chi connectivity index (χ0v) is 8.74. The van der Waals surface area contributed by atoms with Crippen molar-refractivity contribution in [1.29, 1.82) is 0 Å². The van der Waals surface area contributed by atoms with E-state index in [0.717, 1.165) is 11.8 Å². The summed E-state index contributed by atoms with van der Waals surface area (Å²) < 4.78 is 0. The second-order valence-corrected chi connectivity index (χ2v) is 4.54. The van der Waals surface area contributed by atoms with Crippen LogP contribution in [0.5, 0.6) is 0 Å². The molecule has 3 atom stereocenters. The van der Waals surface area contributed by atoms with Gasteiger partial charge in [0.2, 0.25) is 0 Å². The van der Waals surface area contributed by atoms with Crippen molar-refractivity contribution < 1.29 is 10.2 Å². The molecule has 0 aromatic heterocycles. The molecular formula is C11H22O2. The van der Waals surface area contributed by atoms with Gasteiger partial charge in [0.25, 0.3) is 0 Å². The van der Waals surface area contributed by atoms with Crippen LogP contribution in [0.2, 0.25) is 0 Å². The van der Waals surface area contributed by atoms with E-state index in [1.54, 1.807) is 0 Å². The molecule has 0 aromatic rings. The molecule has 1 rings (SSSR count). The van der Waals surface area contributed by atoms with Crippen LogP contribution in [-0.4, -0.2) is 16.5 Å². The quantitative estimate of drug-likeness (QED) is 0.660. The highest BCUT2D eigenvalue weighted by Crippen LogP contribution is 2.38. The van der Waals surface area contributed by atoms with Gasteiger partial charge in [0.1, 0.15) is 0 Å². The first-order chi connectivity index (χ1) is 6.13. The average molecular weight is 186 g/mol. The largest absolute Gasteiger partial charge is 0.368 e.